The van der Waals surface area contributed by atoms with Crippen LogP contribution in [0.2, 0.25) is 0 Å². The molecule has 18 heavy (non-hydrogen) atoms. The summed E-state index contributed by atoms with van der Waals surface area (Å²) in [6.07, 6.45) is 1.34. The lowest BCUT2D eigenvalue weighted by Crippen LogP contribution is -2.10. The van der Waals surface area contributed by atoms with Crippen molar-refractivity contribution < 1.29 is 9.53 Å². The summed E-state index contributed by atoms with van der Waals surface area (Å²) in [5.74, 6) is -0.103. The number of esters is 1. The Morgan fingerprint density at radius 3 is 2.89 bits per heavy atom. The Labute approximate surface area is 108 Å². The zero-order valence-corrected chi connectivity index (χ0v) is 11.3. The third-order valence-electron chi connectivity index (χ3n) is 2.47. The number of thiophene rings is 1. The summed E-state index contributed by atoms with van der Waals surface area (Å²) in [5, 5.41) is 0.471. The van der Waals surface area contributed by atoms with Crippen LogP contribution in [-0.2, 0) is 4.74 Å². The molecule has 5 nitrogen and oxygen atoms in total. The van der Waals surface area contributed by atoms with Crippen LogP contribution in [0.25, 0.3) is 10.2 Å². The summed E-state index contributed by atoms with van der Waals surface area (Å²) in [6, 6.07) is 0. The van der Waals surface area contributed by atoms with Gasteiger partial charge in [-0.15, -0.1) is 11.3 Å². The molecule has 0 saturated carbocycles. The van der Waals surface area contributed by atoms with Crippen LogP contribution in [0, 0.1) is 12.8 Å². The summed E-state index contributed by atoms with van der Waals surface area (Å²) in [6.45, 7) is 6.05. The molecule has 6 heteroatoms. The van der Waals surface area contributed by atoms with Crippen LogP contribution in [0.5, 0.6) is 0 Å². The zero-order valence-electron chi connectivity index (χ0n) is 10.4. The van der Waals surface area contributed by atoms with Gasteiger partial charge >= 0.3 is 5.97 Å². The van der Waals surface area contributed by atoms with E-state index in [2.05, 4.69) is 9.97 Å². The molecule has 96 valence electrons. The predicted octanol–water partition coefficient (Wildman–Crippen LogP) is 2.11. The highest BCUT2D eigenvalue weighted by Crippen LogP contribution is 2.27. The first-order valence-corrected chi connectivity index (χ1v) is 6.46. The molecule has 2 rings (SSSR count). The van der Waals surface area contributed by atoms with Crippen LogP contribution < -0.4 is 5.56 Å². The standard InChI is InChI=1S/C12H14N2O3S/c1-6(2)4-17-12(16)9-7(3)8-10(15)13-5-14-11(8)18-9/h5-6H,4H2,1-3H3,(H,13,14,15). The van der Waals surface area contributed by atoms with E-state index in [4.69, 9.17) is 4.74 Å². The van der Waals surface area contributed by atoms with Gasteiger partial charge in [-0.1, -0.05) is 13.8 Å². The van der Waals surface area contributed by atoms with E-state index in [0.29, 0.717) is 27.3 Å². The summed E-state index contributed by atoms with van der Waals surface area (Å²) in [4.78, 5) is 31.1. The van der Waals surface area contributed by atoms with Crippen LogP contribution in [0.1, 0.15) is 29.1 Å². The van der Waals surface area contributed by atoms with Gasteiger partial charge in [0.2, 0.25) is 0 Å². The number of hydrogen-bond donors (Lipinski definition) is 1. The lowest BCUT2D eigenvalue weighted by atomic mass is 10.2. The molecule has 0 atom stereocenters. The summed E-state index contributed by atoms with van der Waals surface area (Å²) in [5.41, 5.74) is 0.412. The maximum absolute atomic E-state index is 11.9. The number of rotatable bonds is 3. The van der Waals surface area contributed by atoms with E-state index in [1.807, 2.05) is 13.8 Å². The minimum absolute atomic E-state index is 0.225. The minimum Gasteiger partial charge on any atom is -0.461 e. The van der Waals surface area contributed by atoms with Crippen LogP contribution in [0.15, 0.2) is 11.1 Å². The highest BCUT2D eigenvalue weighted by atomic mass is 32.1. The quantitative estimate of drug-likeness (QED) is 0.864. The van der Waals surface area contributed by atoms with Crippen molar-refractivity contribution in [2.45, 2.75) is 20.8 Å². The number of nitrogens with zero attached hydrogens (tertiary/aromatic N) is 1. The number of aryl methyl sites for hydroxylation is 1. The van der Waals surface area contributed by atoms with Gasteiger partial charge < -0.3 is 9.72 Å². The van der Waals surface area contributed by atoms with E-state index >= 15 is 0 Å². The van der Waals surface area contributed by atoms with Gasteiger partial charge in [0, 0.05) is 0 Å². The second-order valence-corrected chi connectivity index (χ2v) is 5.46. The van der Waals surface area contributed by atoms with E-state index in [-0.39, 0.29) is 17.4 Å². The molecular weight excluding hydrogens is 252 g/mol. The van der Waals surface area contributed by atoms with Crippen molar-refractivity contribution in [1.29, 1.82) is 0 Å². The first-order chi connectivity index (χ1) is 8.50. The normalized spacial score (nSPS) is 11.1. The van der Waals surface area contributed by atoms with Crippen molar-refractivity contribution in [1.82, 2.24) is 9.97 Å². The molecule has 2 aromatic heterocycles. The van der Waals surface area contributed by atoms with Gasteiger partial charge in [-0.2, -0.15) is 0 Å². The molecule has 0 fully saturated rings. The fourth-order valence-corrected chi connectivity index (χ4v) is 2.62. The number of aromatic amines is 1. The van der Waals surface area contributed by atoms with E-state index in [9.17, 15) is 9.59 Å². The monoisotopic (exact) mass is 266 g/mol. The Hall–Kier alpha value is -1.69. The highest BCUT2D eigenvalue weighted by Gasteiger charge is 2.19. The Morgan fingerprint density at radius 2 is 2.28 bits per heavy atom. The van der Waals surface area contributed by atoms with Crippen LogP contribution >= 0.6 is 11.3 Å². The van der Waals surface area contributed by atoms with Crippen molar-refractivity contribution in [2.24, 2.45) is 5.92 Å². The maximum Gasteiger partial charge on any atom is 0.348 e. The maximum atomic E-state index is 11.9. The molecule has 0 aliphatic carbocycles. The molecule has 0 unspecified atom stereocenters. The summed E-state index contributed by atoms with van der Waals surface area (Å²) in [7, 11) is 0. The molecule has 1 N–H and O–H groups in total. The third-order valence-corrected chi connectivity index (χ3v) is 3.65. The molecule has 0 aliphatic heterocycles. The Balaban J connectivity index is 2.40. The van der Waals surface area contributed by atoms with Gasteiger partial charge in [0.25, 0.3) is 5.56 Å². The molecule has 0 saturated heterocycles. The first kappa shape index (κ1) is 12.8. The molecule has 0 aromatic carbocycles. The number of carbonyl (C=O) groups excluding carboxylic acids is 1. The Bertz CT molecular complexity index is 642. The number of hydrogen-bond acceptors (Lipinski definition) is 5. The molecule has 0 radical (unpaired) electrons. The van der Waals surface area contributed by atoms with Gasteiger partial charge in [-0.25, -0.2) is 9.78 Å². The molecule has 2 heterocycles. The van der Waals surface area contributed by atoms with E-state index < -0.39 is 0 Å². The lowest BCUT2D eigenvalue weighted by molar-refractivity contribution is 0.0464. The van der Waals surface area contributed by atoms with E-state index in [1.165, 1.54) is 17.7 Å². The predicted molar refractivity (Wildman–Crippen MR) is 70.1 cm³/mol. The van der Waals surface area contributed by atoms with E-state index in [0.717, 1.165) is 0 Å². The van der Waals surface area contributed by atoms with Crippen LogP contribution in [0.3, 0.4) is 0 Å². The van der Waals surface area contributed by atoms with Crippen molar-refractivity contribution in [2.75, 3.05) is 6.61 Å². The second kappa shape index (κ2) is 4.89. The van der Waals surface area contributed by atoms with Crippen LogP contribution in [-0.4, -0.2) is 22.5 Å². The van der Waals surface area contributed by atoms with Crippen LogP contribution in [0.4, 0.5) is 0 Å². The van der Waals surface area contributed by atoms with Gasteiger partial charge in [-0.3, -0.25) is 4.79 Å². The van der Waals surface area contributed by atoms with Crippen molar-refractivity contribution >= 4 is 27.5 Å². The minimum atomic E-state index is -0.386. The van der Waals surface area contributed by atoms with Gasteiger partial charge in [0.05, 0.1) is 18.3 Å². The SMILES string of the molecule is Cc1c(C(=O)OCC(C)C)sc2nc[nH]c(=O)c12. The molecule has 0 bridgehead atoms. The molecular formula is C12H14N2O3S. The average molecular weight is 266 g/mol. The average Bonchev–Trinajstić information content (AvgIpc) is 2.65. The summed E-state index contributed by atoms with van der Waals surface area (Å²) >= 11 is 1.19. The Kier molecular flexibility index (Phi) is 3.47. The molecule has 0 aliphatic rings. The highest BCUT2D eigenvalue weighted by molar-refractivity contribution is 7.20. The largest absolute Gasteiger partial charge is 0.461 e. The van der Waals surface area contributed by atoms with Crippen molar-refractivity contribution in [3.8, 4) is 0 Å². The third kappa shape index (κ3) is 2.28. The zero-order chi connectivity index (χ0) is 13.3. The fourth-order valence-electron chi connectivity index (χ4n) is 1.58. The number of carbonyl (C=O) groups is 1. The number of H-pyrrole nitrogens is 1. The van der Waals surface area contributed by atoms with Gasteiger partial charge in [0.1, 0.15) is 9.71 Å². The van der Waals surface area contributed by atoms with E-state index in [1.54, 1.807) is 6.92 Å². The van der Waals surface area contributed by atoms with Crippen molar-refractivity contribution in [3.05, 3.63) is 27.1 Å². The molecule has 0 amide bonds. The fraction of sp³-hybridized carbons (Fsp3) is 0.417. The van der Waals surface area contributed by atoms with Crippen molar-refractivity contribution in [3.63, 3.8) is 0 Å². The van der Waals surface area contributed by atoms with Gasteiger partial charge in [-0.05, 0) is 18.4 Å². The smallest absolute Gasteiger partial charge is 0.348 e. The number of ether oxygens (including phenoxy) is 1. The van der Waals surface area contributed by atoms with Gasteiger partial charge in [0.15, 0.2) is 0 Å². The lowest BCUT2D eigenvalue weighted by Gasteiger charge is -2.05. The molecule has 2 aromatic rings. The Morgan fingerprint density at radius 1 is 1.56 bits per heavy atom. The molecule has 0 spiro atoms. The second-order valence-electron chi connectivity index (χ2n) is 4.46. The first-order valence-electron chi connectivity index (χ1n) is 5.64. The number of aromatic nitrogens is 2. The number of fused-ring (bicyclic) bond motifs is 1. The topological polar surface area (TPSA) is 72.0 Å². The summed E-state index contributed by atoms with van der Waals surface area (Å²) < 4.78 is 5.17. The number of nitrogens with one attached hydrogen (secondary N) is 1.